The molecule has 0 radical (unpaired) electrons. The van der Waals surface area contributed by atoms with Crippen LogP contribution in [0.25, 0.3) is 16.6 Å². The highest BCUT2D eigenvalue weighted by Gasteiger charge is 2.46. The van der Waals surface area contributed by atoms with E-state index in [1.165, 1.54) is 29.8 Å². The lowest BCUT2D eigenvalue weighted by molar-refractivity contribution is -0.134. The highest BCUT2D eigenvalue weighted by atomic mass is 79.9. The number of nitrogens with zero attached hydrogens (tertiary/aromatic N) is 5. The highest BCUT2D eigenvalue weighted by Crippen LogP contribution is 2.52. The van der Waals surface area contributed by atoms with E-state index >= 15 is 4.39 Å². The highest BCUT2D eigenvalue weighted by molar-refractivity contribution is 9.10. The van der Waals surface area contributed by atoms with Crippen LogP contribution in [-0.4, -0.2) is 84.0 Å². The van der Waals surface area contributed by atoms with E-state index in [9.17, 15) is 19.2 Å². The Bertz CT molecular complexity index is 2260. The first-order valence-electron chi connectivity index (χ1n) is 19.7. The number of amides is 3. The van der Waals surface area contributed by atoms with Crippen molar-refractivity contribution in [3.63, 3.8) is 0 Å². The molecule has 286 valence electrons. The lowest BCUT2D eigenvalue weighted by atomic mass is 9.70. The van der Waals surface area contributed by atoms with Crippen LogP contribution >= 0.6 is 15.9 Å². The molecule has 5 aliphatic rings. The van der Waals surface area contributed by atoms with Crippen LogP contribution in [0.15, 0.2) is 63.9 Å². The molecule has 4 aliphatic heterocycles. The van der Waals surface area contributed by atoms with Gasteiger partial charge in [-0.1, -0.05) is 31.4 Å². The number of rotatable bonds is 6. The zero-order valence-electron chi connectivity index (χ0n) is 30.8. The third-order valence-corrected chi connectivity index (χ3v) is 13.4. The number of piperazine rings is 1. The van der Waals surface area contributed by atoms with Gasteiger partial charge in [0, 0.05) is 68.1 Å². The van der Waals surface area contributed by atoms with E-state index in [1.54, 1.807) is 6.07 Å². The van der Waals surface area contributed by atoms with Crippen molar-refractivity contribution in [1.82, 2.24) is 25.1 Å². The Hall–Kier alpha value is -4.62. The van der Waals surface area contributed by atoms with E-state index in [-0.39, 0.29) is 35.3 Å². The monoisotopic (exact) mass is 809 g/mol. The summed E-state index contributed by atoms with van der Waals surface area (Å²) < 4.78 is 18.2. The number of hydrogen-bond donors (Lipinski definition) is 2. The summed E-state index contributed by atoms with van der Waals surface area (Å²) in [5.74, 6) is -0.733. The Morgan fingerprint density at radius 1 is 0.891 bits per heavy atom. The van der Waals surface area contributed by atoms with Crippen LogP contribution < -0.4 is 26.0 Å². The summed E-state index contributed by atoms with van der Waals surface area (Å²) in [6.07, 6.45) is 8.07. The molecule has 3 amide bonds. The minimum absolute atomic E-state index is 0.119. The lowest BCUT2D eigenvalue weighted by Crippen LogP contribution is -2.52. The van der Waals surface area contributed by atoms with Gasteiger partial charge in [-0.05, 0) is 102 Å². The second kappa shape index (κ2) is 14.5. The summed E-state index contributed by atoms with van der Waals surface area (Å²) in [6, 6.07) is 16.7. The molecule has 11 nitrogen and oxygen atoms in total. The number of carbonyl (C=O) groups excluding carboxylic acids is 3. The van der Waals surface area contributed by atoms with Crippen molar-refractivity contribution in [2.45, 2.75) is 69.2 Å². The lowest BCUT2D eigenvalue weighted by Gasteiger charge is -2.40. The van der Waals surface area contributed by atoms with Crippen LogP contribution in [0.2, 0.25) is 0 Å². The summed E-state index contributed by atoms with van der Waals surface area (Å²) >= 11 is 3.63. The van der Waals surface area contributed by atoms with Gasteiger partial charge in [0.2, 0.25) is 11.8 Å². The van der Waals surface area contributed by atoms with Crippen LogP contribution in [0.3, 0.4) is 0 Å². The van der Waals surface area contributed by atoms with Gasteiger partial charge in [-0.15, -0.1) is 0 Å². The number of carbonyl (C=O) groups is 3. The normalized spacial score (nSPS) is 21.5. The van der Waals surface area contributed by atoms with Gasteiger partial charge in [0.15, 0.2) is 0 Å². The molecule has 13 heteroatoms. The largest absolute Gasteiger partial charge is 0.371 e. The van der Waals surface area contributed by atoms with Crippen molar-refractivity contribution in [2.24, 2.45) is 5.92 Å². The molecule has 9 rings (SSSR count). The standard InChI is InChI=1S/C42H45BrFN7O4/c43-31-5-4-6-34-37(31)40(55)47-41-42(15-2-1-3-16-42)30-10-8-28(24-35(30)51(34)41)49-17-13-26(14-18-49)25-48-19-21-50(22-20-48)27-7-9-29(32(44)23-27)38(53)45-33-11-12-36(52)46-39(33)54/h4-10,23-24,26,33H,1-3,11-22,25H2,(H,45,53)(H,46,52,54). The smallest absolute Gasteiger partial charge is 0.281 e. The molecule has 1 spiro atoms. The molecule has 2 N–H and O–H groups in total. The van der Waals surface area contributed by atoms with E-state index in [4.69, 9.17) is 4.98 Å². The van der Waals surface area contributed by atoms with E-state index in [0.29, 0.717) is 11.3 Å². The molecule has 0 bridgehead atoms. The minimum atomic E-state index is -0.855. The topological polar surface area (TPSA) is 120 Å². The number of hydrogen-bond acceptors (Lipinski definition) is 8. The first-order chi connectivity index (χ1) is 26.7. The Balaban J connectivity index is 0.824. The van der Waals surface area contributed by atoms with Gasteiger partial charge in [0.1, 0.15) is 17.7 Å². The first-order valence-corrected chi connectivity index (χ1v) is 20.5. The predicted molar refractivity (Wildman–Crippen MR) is 213 cm³/mol. The third kappa shape index (κ3) is 6.52. The van der Waals surface area contributed by atoms with Crippen molar-refractivity contribution in [1.29, 1.82) is 0 Å². The van der Waals surface area contributed by atoms with E-state index in [1.807, 2.05) is 12.1 Å². The molecule has 3 aromatic carbocycles. The molecule has 4 aromatic rings. The van der Waals surface area contributed by atoms with Crippen LogP contribution in [0, 0.1) is 11.7 Å². The number of anilines is 2. The average molecular weight is 811 g/mol. The van der Waals surface area contributed by atoms with Crippen LogP contribution in [0.4, 0.5) is 15.8 Å². The summed E-state index contributed by atoms with van der Waals surface area (Å²) in [5, 5.41) is 5.40. The molecule has 1 unspecified atom stereocenters. The maximum Gasteiger partial charge on any atom is 0.281 e. The van der Waals surface area contributed by atoms with Crippen LogP contribution in [-0.2, 0) is 15.0 Å². The van der Waals surface area contributed by atoms with Gasteiger partial charge in [0.05, 0.1) is 27.6 Å². The first kappa shape index (κ1) is 36.0. The Labute approximate surface area is 327 Å². The number of nitrogens with one attached hydrogen (secondary N) is 2. The summed E-state index contributed by atoms with van der Waals surface area (Å²) in [5.41, 5.74) is 4.84. The Morgan fingerprint density at radius 3 is 2.36 bits per heavy atom. The van der Waals surface area contributed by atoms with E-state index in [2.05, 4.69) is 70.1 Å². The SMILES string of the molecule is O=C1CCC(NC(=O)c2ccc(N3CCN(CC4CCN(c5ccc6c(c5)-n5c(nc(=O)c7c(Br)cccc75)C65CCCCC5)CC4)CC3)cc2F)C(=O)N1. The maximum atomic E-state index is 15.1. The fraction of sp³-hybridized carbons (Fsp3) is 0.452. The van der Waals surface area contributed by atoms with Gasteiger partial charge >= 0.3 is 0 Å². The van der Waals surface area contributed by atoms with Gasteiger partial charge < -0.3 is 15.1 Å². The number of halogens is 2. The summed E-state index contributed by atoms with van der Waals surface area (Å²) in [7, 11) is 0. The van der Waals surface area contributed by atoms with E-state index < -0.39 is 23.7 Å². The van der Waals surface area contributed by atoms with Gasteiger partial charge in [-0.25, -0.2) is 4.39 Å². The average Bonchev–Trinajstić information content (AvgIpc) is 3.44. The van der Waals surface area contributed by atoms with E-state index in [0.717, 1.165) is 112 Å². The van der Waals surface area contributed by atoms with Crippen LogP contribution in [0.1, 0.15) is 79.5 Å². The number of aromatic nitrogens is 2. The molecule has 1 aliphatic carbocycles. The molecular weight excluding hydrogens is 765 g/mol. The molecule has 1 atom stereocenters. The molecule has 1 aromatic heterocycles. The van der Waals surface area contributed by atoms with Crippen molar-refractivity contribution in [2.75, 3.05) is 55.6 Å². The zero-order chi connectivity index (χ0) is 37.8. The number of fused-ring (bicyclic) bond motifs is 7. The zero-order valence-corrected chi connectivity index (χ0v) is 32.4. The molecule has 5 heterocycles. The quantitative estimate of drug-likeness (QED) is 0.248. The molecule has 3 saturated heterocycles. The molecule has 1 saturated carbocycles. The Morgan fingerprint density at radius 2 is 1.62 bits per heavy atom. The van der Waals surface area contributed by atoms with Crippen molar-refractivity contribution in [3.8, 4) is 5.69 Å². The van der Waals surface area contributed by atoms with Crippen LogP contribution in [0.5, 0.6) is 0 Å². The number of piperidine rings is 2. The predicted octanol–water partition coefficient (Wildman–Crippen LogP) is 5.42. The number of imide groups is 1. The Kier molecular flexibility index (Phi) is 9.48. The van der Waals surface area contributed by atoms with Crippen molar-refractivity contribution < 1.29 is 18.8 Å². The second-order valence-electron chi connectivity index (χ2n) is 15.9. The van der Waals surface area contributed by atoms with Crippen molar-refractivity contribution >= 4 is 55.9 Å². The number of benzene rings is 3. The second-order valence-corrected chi connectivity index (χ2v) is 16.8. The summed E-state index contributed by atoms with van der Waals surface area (Å²) in [6.45, 7) is 6.30. The maximum absolute atomic E-state index is 15.1. The molecule has 55 heavy (non-hydrogen) atoms. The minimum Gasteiger partial charge on any atom is -0.371 e. The van der Waals surface area contributed by atoms with Gasteiger partial charge in [-0.2, -0.15) is 4.98 Å². The molecule has 4 fully saturated rings. The third-order valence-electron chi connectivity index (χ3n) is 12.7. The fourth-order valence-electron chi connectivity index (χ4n) is 9.75. The fourth-order valence-corrected chi connectivity index (χ4v) is 10.3. The molecular formula is C42H45BrFN7O4. The van der Waals surface area contributed by atoms with Gasteiger partial charge in [-0.3, -0.25) is 34.0 Å². The van der Waals surface area contributed by atoms with Gasteiger partial charge in [0.25, 0.3) is 11.5 Å². The summed E-state index contributed by atoms with van der Waals surface area (Å²) in [4.78, 5) is 61.6. The van der Waals surface area contributed by atoms with Crippen molar-refractivity contribution in [3.05, 3.63) is 92.2 Å².